The van der Waals surface area contributed by atoms with Gasteiger partial charge in [-0.1, -0.05) is 30.3 Å². The molecule has 0 radical (unpaired) electrons. The minimum absolute atomic E-state index is 0.00632. The number of hydrogen-bond acceptors (Lipinski definition) is 7. The van der Waals surface area contributed by atoms with Crippen LogP contribution in [-0.2, 0) is 22.8 Å². The van der Waals surface area contributed by atoms with E-state index in [-0.39, 0.29) is 44.8 Å². The number of rotatable bonds is 10. The van der Waals surface area contributed by atoms with E-state index in [1.165, 1.54) is 9.21 Å². The number of nitrogens with one attached hydrogen (secondary N) is 2. The Labute approximate surface area is 251 Å². The molecule has 0 saturated carbocycles. The predicted molar refractivity (Wildman–Crippen MR) is 159 cm³/mol. The molecular weight excluding hydrogens is 601 g/mol. The number of benzene rings is 3. The first-order chi connectivity index (χ1) is 21.0. The molecule has 1 aromatic heterocycles. The second kappa shape index (κ2) is 12.6. The average molecular weight is 631 g/mol. The number of nitro groups is 1. The van der Waals surface area contributed by atoms with Gasteiger partial charge in [0, 0.05) is 56.3 Å². The first-order valence-corrected chi connectivity index (χ1v) is 15.0. The van der Waals surface area contributed by atoms with Crippen molar-refractivity contribution in [1.82, 2.24) is 19.0 Å². The third-order valence-corrected chi connectivity index (χ3v) is 8.88. The summed E-state index contributed by atoms with van der Waals surface area (Å²) in [4.78, 5) is 20.3. The van der Waals surface area contributed by atoms with Gasteiger partial charge in [0.1, 0.15) is 17.3 Å². The first-order valence-electron chi connectivity index (χ1n) is 13.6. The molecule has 3 aromatic carbocycles. The summed E-state index contributed by atoms with van der Waals surface area (Å²) in [6, 6.07) is 19.3. The summed E-state index contributed by atoms with van der Waals surface area (Å²) in [5, 5.41) is 11.5. The minimum Gasteiger partial charge on any atom is -0.497 e. The highest BCUT2D eigenvalue weighted by atomic mass is 32.2. The van der Waals surface area contributed by atoms with Gasteiger partial charge in [-0.3, -0.25) is 10.1 Å². The summed E-state index contributed by atoms with van der Waals surface area (Å²) in [6.07, 6.45) is -4.45. The van der Waals surface area contributed by atoms with Crippen molar-refractivity contribution < 1.29 is 31.2 Å². The fourth-order valence-electron chi connectivity index (χ4n) is 4.99. The van der Waals surface area contributed by atoms with Crippen LogP contribution in [0.5, 0.6) is 5.75 Å². The highest BCUT2D eigenvalue weighted by Gasteiger charge is 2.35. The summed E-state index contributed by atoms with van der Waals surface area (Å²) < 4.78 is 74.6. The number of hydrogen-bond donors (Lipinski definition) is 2. The zero-order valence-corrected chi connectivity index (χ0v) is 24.4. The maximum atomic E-state index is 13.1. The number of aromatic nitrogens is 2. The smallest absolute Gasteiger partial charge is 0.416 e. The van der Waals surface area contributed by atoms with Crippen LogP contribution in [0, 0.1) is 10.1 Å². The molecule has 0 aliphatic carbocycles. The van der Waals surface area contributed by atoms with Crippen molar-refractivity contribution in [3.63, 3.8) is 0 Å². The molecule has 1 aliphatic rings. The fraction of sp³-hybridized carbons (Fsp3) is 0.276. The molecule has 15 heteroatoms. The Morgan fingerprint density at radius 3 is 2.30 bits per heavy atom. The Bertz CT molecular complexity index is 1720. The SMILES string of the molecule is COc1ccc(-c2[nH]c(-c3ccccc3)nc2CCNS(=O)(=O)N2CCN(c3ccc(C(F)(F)F)cc3[N+](=O)[O-])CC2)cc1. The first kappa shape index (κ1) is 31.0. The number of H-pyrrole nitrogens is 1. The third-order valence-electron chi connectivity index (χ3n) is 7.27. The van der Waals surface area contributed by atoms with Gasteiger partial charge in [-0.15, -0.1) is 0 Å². The van der Waals surface area contributed by atoms with Crippen LogP contribution in [0.4, 0.5) is 24.5 Å². The van der Waals surface area contributed by atoms with E-state index >= 15 is 0 Å². The molecule has 1 fully saturated rings. The maximum Gasteiger partial charge on any atom is 0.416 e. The summed E-state index contributed by atoms with van der Waals surface area (Å²) >= 11 is 0. The van der Waals surface area contributed by atoms with Gasteiger partial charge in [0.15, 0.2) is 0 Å². The quantitative estimate of drug-likeness (QED) is 0.189. The molecular formula is C29H29F3N6O5S. The van der Waals surface area contributed by atoms with Crippen molar-refractivity contribution in [3.8, 4) is 28.4 Å². The number of piperazine rings is 1. The van der Waals surface area contributed by atoms with Crippen molar-refractivity contribution in [2.24, 2.45) is 0 Å². The Balaban J connectivity index is 1.26. The summed E-state index contributed by atoms with van der Waals surface area (Å²) in [7, 11) is -2.35. The number of imidazole rings is 1. The summed E-state index contributed by atoms with van der Waals surface area (Å²) in [6.45, 7) is 0.161. The molecule has 2 heterocycles. The number of nitro benzene ring substituents is 1. The Morgan fingerprint density at radius 1 is 1.00 bits per heavy atom. The summed E-state index contributed by atoms with van der Waals surface area (Å²) in [5.41, 5.74) is 1.34. The number of halogens is 3. The van der Waals surface area contributed by atoms with Crippen molar-refractivity contribution >= 4 is 21.6 Å². The van der Waals surface area contributed by atoms with Gasteiger partial charge in [-0.2, -0.15) is 25.9 Å². The monoisotopic (exact) mass is 630 g/mol. The number of alkyl halides is 3. The molecule has 0 unspecified atom stereocenters. The van der Waals surface area contributed by atoms with E-state index in [9.17, 15) is 31.7 Å². The van der Waals surface area contributed by atoms with Crippen LogP contribution in [-0.4, -0.2) is 67.4 Å². The predicted octanol–water partition coefficient (Wildman–Crippen LogP) is 4.88. The van der Waals surface area contributed by atoms with E-state index in [2.05, 4.69) is 9.71 Å². The van der Waals surface area contributed by atoms with E-state index in [0.29, 0.717) is 23.3 Å². The molecule has 5 rings (SSSR count). The molecule has 11 nitrogen and oxygen atoms in total. The zero-order valence-electron chi connectivity index (χ0n) is 23.5. The van der Waals surface area contributed by atoms with Crippen molar-refractivity contribution in [2.45, 2.75) is 12.6 Å². The van der Waals surface area contributed by atoms with Crippen molar-refractivity contribution in [2.75, 3.05) is 44.7 Å². The van der Waals surface area contributed by atoms with Gasteiger partial charge in [-0.05, 0) is 36.4 Å². The molecule has 2 N–H and O–H groups in total. The number of methoxy groups -OCH3 is 1. The van der Waals surface area contributed by atoms with Gasteiger partial charge in [-0.25, -0.2) is 9.71 Å². The molecule has 232 valence electrons. The lowest BCUT2D eigenvalue weighted by Gasteiger charge is -2.35. The normalized spacial score (nSPS) is 14.5. The van der Waals surface area contributed by atoms with Gasteiger partial charge in [0.25, 0.3) is 15.9 Å². The molecule has 0 spiro atoms. The lowest BCUT2D eigenvalue weighted by Crippen LogP contribution is -2.52. The fourth-order valence-corrected chi connectivity index (χ4v) is 6.18. The topological polar surface area (TPSA) is 134 Å². The van der Waals surface area contributed by atoms with Crippen LogP contribution in [0.1, 0.15) is 11.3 Å². The van der Waals surface area contributed by atoms with E-state index in [1.54, 1.807) is 7.11 Å². The maximum absolute atomic E-state index is 13.1. The second-order valence-corrected chi connectivity index (χ2v) is 11.8. The minimum atomic E-state index is -4.73. The molecule has 44 heavy (non-hydrogen) atoms. The molecule has 1 aliphatic heterocycles. The van der Waals surface area contributed by atoms with Crippen LogP contribution in [0.25, 0.3) is 22.6 Å². The number of anilines is 1. The van der Waals surface area contributed by atoms with Gasteiger partial charge < -0.3 is 14.6 Å². The van der Waals surface area contributed by atoms with Crippen LogP contribution >= 0.6 is 0 Å². The van der Waals surface area contributed by atoms with Gasteiger partial charge >= 0.3 is 6.18 Å². The van der Waals surface area contributed by atoms with E-state index in [4.69, 9.17) is 9.72 Å². The standard InChI is InChI=1S/C29H29F3N6O5S/c1-43-23-10-7-20(8-11-23)27-24(34-28(35-27)21-5-3-2-4-6-21)13-14-33-44(41,42)37-17-15-36(16-18-37)25-12-9-22(29(30,31)32)19-26(25)38(39)40/h2-12,19,33H,13-18H2,1H3,(H,34,35). The summed E-state index contributed by atoms with van der Waals surface area (Å²) in [5.74, 6) is 1.33. The Hall–Kier alpha value is -4.47. The third kappa shape index (κ3) is 6.85. The largest absolute Gasteiger partial charge is 0.497 e. The van der Waals surface area contributed by atoms with Crippen LogP contribution < -0.4 is 14.4 Å². The Morgan fingerprint density at radius 2 is 1.68 bits per heavy atom. The number of nitrogens with zero attached hydrogens (tertiary/aromatic N) is 4. The van der Waals surface area contributed by atoms with Gasteiger partial charge in [0.2, 0.25) is 0 Å². The van der Waals surface area contributed by atoms with E-state index in [1.807, 2.05) is 54.6 Å². The van der Waals surface area contributed by atoms with Crippen molar-refractivity contribution in [1.29, 1.82) is 0 Å². The lowest BCUT2D eigenvalue weighted by atomic mass is 10.1. The highest BCUT2D eigenvalue weighted by Crippen LogP contribution is 2.37. The zero-order chi connectivity index (χ0) is 31.5. The van der Waals surface area contributed by atoms with Crippen molar-refractivity contribution in [3.05, 3.63) is 94.2 Å². The van der Waals surface area contributed by atoms with Crippen LogP contribution in [0.15, 0.2) is 72.8 Å². The van der Waals surface area contributed by atoms with E-state index in [0.717, 1.165) is 29.0 Å². The van der Waals surface area contributed by atoms with Crippen LogP contribution in [0.2, 0.25) is 0 Å². The number of ether oxygens (including phenoxy) is 1. The highest BCUT2D eigenvalue weighted by molar-refractivity contribution is 7.87. The molecule has 0 amide bonds. The lowest BCUT2D eigenvalue weighted by molar-refractivity contribution is -0.384. The van der Waals surface area contributed by atoms with Gasteiger partial charge in [0.05, 0.1) is 29.0 Å². The molecule has 1 saturated heterocycles. The molecule has 4 aromatic rings. The van der Waals surface area contributed by atoms with Crippen LogP contribution in [0.3, 0.4) is 0 Å². The van der Waals surface area contributed by atoms with E-state index < -0.39 is 32.6 Å². The Kier molecular flexibility index (Phi) is 8.90. The average Bonchev–Trinajstić information content (AvgIpc) is 3.45. The second-order valence-electron chi connectivity index (χ2n) is 10.00. The molecule has 0 bridgehead atoms. The molecule has 0 atom stereocenters. The number of aromatic amines is 1.